The van der Waals surface area contributed by atoms with E-state index in [2.05, 4.69) is 37.3 Å². The van der Waals surface area contributed by atoms with Crippen molar-refractivity contribution >= 4 is 17.6 Å². The number of hydrogen-bond donors (Lipinski definition) is 2. The molecule has 98 valence electrons. The lowest BCUT2D eigenvalue weighted by atomic mass is 10.1. The summed E-state index contributed by atoms with van der Waals surface area (Å²) in [6.45, 7) is 2.07. The molecular formula is C16H18N2S. The van der Waals surface area contributed by atoms with Crippen molar-refractivity contribution in [2.24, 2.45) is 5.73 Å². The number of benzene rings is 2. The average Bonchev–Trinajstić information content (AvgIpc) is 2.41. The van der Waals surface area contributed by atoms with Crippen LogP contribution in [0.2, 0.25) is 0 Å². The molecule has 0 fully saturated rings. The van der Waals surface area contributed by atoms with Crippen LogP contribution in [0.3, 0.4) is 0 Å². The first kappa shape index (κ1) is 13.7. The van der Waals surface area contributed by atoms with E-state index in [1.807, 2.05) is 30.0 Å². The molecule has 0 saturated carbocycles. The maximum absolute atomic E-state index is 7.43. The van der Waals surface area contributed by atoms with Gasteiger partial charge in [0, 0.05) is 17.1 Å². The molecule has 0 aromatic heterocycles. The largest absolute Gasteiger partial charge is 0.384 e. The van der Waals surface area contributed by atoms with E-state index in [1.54, 1.807) is 0 Å². The minimum atomic E-state index is 0.131. The summed E-state index contributed by atoms with van der Waals surface area (Å²) in [4.78, 5) is 0. The molecule has 0 spiro atoms. The smallest absolute Gasteiger partial charge is 0.122 e. The molecule has 0 aliphatic rings. The normalized spacial score (nSPS) is 10.4. The molecule has 2 rings (SSSR count). The topological polar surface area (TPSA) is 49.9 Å². The van der Waals surface area contributed by atoms with Crippen molar-refractivity contribution in [2.75, 3.05) is 0 Å². The Morgan fingerprint density at radius 1 is 1.11 bits per heavy atom. The maximum Gasteiger partial charge on any atom is 0.122 e. The molecule has 2 aromatic carbocycles. The summed E-state index contributed by atoms with van der Waals surface area (Å²) >= 11 is 1.90. The summed E-state index contributed by atoms with van der Waals surface area (Å²) in [6.07, 6.45) is 0. The molecule has 0 aliphatic heterocycles. The van der Waals surface area contributed by atoms with E-state index in [0.29, 0.717) is 0 Å². The summed E-state index contributed by atoms with van der Waals surface area (Å²) in [6, 6.07) is 16.5. The third-order valence-corrected chi connectivity index (χ3v) is 4.08. The van der Waals surface area contributed by atoms with Crippen LogP contribution in [0.1, 0.15) is 22.3 Å². The lowest BCUT2D eigenvalue weighted by Gasteiger charge is -2.08. The molecule has 0 aliphatic carbocycles. The molecule has 19 heavy (non-hydrogen) atoms. The zero-order valence-corrected chi connectivity index (χ0v) is 11.8. The molecule has 0 heterocycles. The number of thioether (sulfide) groups is 1. The summed E-state index contributed by atoms with van der Waals surface area (Å²) in [5.74, 6) is 2.14. The second kappa shape index (κ2) is 6.43. The highest BCUT2D eigenvalue weighted by atomic mass is 32.2. The van der Waals surface area contributed by atoms with Crippen molar-refractivity contribution in [2.45, 2.75) is 18.4 Å². The molecule has 0 amide bonds. The maximum atomic E-state index is 7.43. The van der Waals surface area contributed by atoms with Gasteiger partial charge in [-0.1, -0.05) is 42.5 Å². The molecule has 0 bridgehead atoms. The zero-order valence-electron chi connectivity index (χ0n) is 11.0. The van der Waals surface area contributed by atoms with Gasteiger partial charge in [0.05, 0.1) is 0 Å². The van der Waals surface area contributed by atoms with Crippen LogP contribution >= 0.6 is 11.8 Å². The zero-order chi connectivity index (χ0) is 13.7. The van der Waals surface area contributed by atoms with E-state index in [0.717, 1.165) is 17.1 Å². The third-order valence-electron chi connectivity index (χ3n) is 3.02. The highest BCUT2D eigenvalue weighted by molar-refractivity contribution is 7.97. The molecule has 0 atom stereocenters. The number of rotatable bonds is 5. The number of hydrogen-bond acceptors (Lipinski definition) is 2. The van der Waals surface area contributed by atoms with E-state index >= 15 is 0 Å². The Hall–Kier alpha value is -1.74. The summed E-state index contributed by atoms with van der Waals surface area (Å²) in [7, 11) is 0. The van der Waals surface area contributed by atoms with E-state index in [1.165, 1.54) is 16.7 Å². The summed E-state index contributed by atoms with van der Waals surface area (Å²) < 4.78 is 0. The Morgan fingerprint density at radius 2 is 1.84 bits per heavy atom. The predicted molar refractivity (Wildman–Crippen MR) is 83.6 cm³/mol. The van der Waals surface area contributed by atoms with Crippen molar-refractivity contribution in [1.29, 1.82) is 5.41 Å². The van der Waals surface area contributed by atoms with E-state index in [-0.39, 0.29) is 5.84 Å². The molecular weight excluding hydrogens is 252 g/mol. The van der Waals surface area contributed by atoms with Gasteiger partial charge in [-0.05, 0) is 29.7 Å². The van der Waals surface area contributed by atoms with Crippen molar-refractivity contribution in [3.8, 4) is 0 Å². The first-order chi connectivity index (χ1) is 9.16. The van der Waals surface area contributed by atoms with Gasteiger partial charge < -0.3 is 5.73 Å². The van der Waals surface area contributed by atoms with Gasteiger partial charge in [-0.15, -0.1) is 0 Å². The molecule has 3 heteroatoms. The Labute approximate surface area is 118 Å². The van der Waals surface area contributed by atoms with Crippen LogP contribution in [-0.2, 0) is 11.5 Å². The molecule has 0 radical (unpaired) electrons. The van der Waals surface area contributed by atoms with Crippen molar-refractivity contribution in [3.05, 3.63) is 70.8 Å². The quantitative estimate of drug-likeness (QED) is 0.642. The number of nitrogens with one attached hydrogen (secondary N) is 1. The van der Waals surface area contributed by atoms with Crippen LogP contribution < -0.4 is 5.73 Å². The molecule has 0 saturated heterocycles. The lowest BCUT2D eigenvalue weighted by Crippen LogP contribution is -2.11. The first-order valence-electron chi connectivity index (χ1n) is 6.22. The lowest BCUT2D eigenvalue weighted by molar-refractivity contribution is 1.28. The minimum Gasteiger partial charge on any atom is -0.384 e. The van der Waals surface area contributed by atoms with Crippen LogP contribution in [0.15, 0.2) is 48.5 Å². The standard InChI is InChI=1S/C16H18N2S/c1-12-9-14(16(17)18)7-8-15(12)11-19-10-13-5-3-2-4-6-13/h2-9H,10-11H2,1H3,(H3,17,18). The van der Waals surface area contributed by atoms with Gasteiger partial charge in [-0.2, -0.15) is 11.8 Å². The molecule has 2 nitrogen and oxygen atoms in total. The van der Waals surface area contributed by atoms with E-state index in [4.69, 9.17) is 11.1 Å². The Bertz CT molecular complexity index is 564. The van der Waals surface area contributed by atoms with Crippen LogP contribution in [0.5, 0.6) is 0 Å². The Kier molecular flexibility index (Phi) is 4.63. The van der Waals surface area contributed by atoms with Gasteiger partial charge in [0.2, 0.25) is 0 Å². The Morgan fingerprint density at radius 3 is 2.47 bits per heavy atom. The van der Waals surface area contributed by atoms with Crippen molar-refractivity contribution in [1.82, 2.24) is 0 Å². The summed E-state index contributed by atoms with van der Waals surface area (Å²) in [5.41, 5.74) is 10.2. The number of amidine groups is 1. The van der Waals surface area contributed by atoms with Gasteiger partial charge in [-0.3, -0.25) is 5.41 Å². The van der Waals surface area contributed by atoms with Gasteiger partial charge in [-0.25, -0.2) is 0 Å². The van der Waals surface area contributed by atoms with Crippen molar-refractivity contribution < 1.29 is 0 Å². The minimum absolute atomic E-state index is 0.131. The highest BCUT2D eigenvalue weighted by Gasteiger charge is 2.02. The van der Waals surface area contributed by atoms with Gasteiger partial charge >= 0.3 is 0 Å². The van der Waals surface area contributed by atoms with E-state index < -0.39 is 0 Å². The molecule has 2 aromatic rings. The third kappa shape index (κ3) is 3.86. The number of nitrogens with two attached hydrogens (primary N) is 1. The van der Waals surface area contributed by atoms with Crippen LogP contribution in [0.25, 0.3) is 0 Å². The predicted octanol–water partition coefficient (Wildman–Crippen LogP) is 3.71. The van der Waals surface area contributed by atoms with Gasteiger partial charge in [0.25, 0.3) is 0 Å². The van der Waals surface area contributed by atoms with Crippen LogP contribution in [0.4, 0.5) is 0 Å². The molecule has 3 N–H and O–H groups in total. The van der Waals surface area contributed by atoms with Crippen LogP contribution in [-0.4, -0.2) is 5.84 Å². The second-order valence-electron chi connectivity index (χ2n) is 4.53. The number of aryl methyl sites for hydroxylation is 1. The van der Waals surface area contributed by atoms with Crippen LogP contribution in [0, 0.1) is 12.3 Å². The monoisotopic (exact) mass is 270 g/mol. The van der Waals surface area contributed by atoms with E-state index in [9.17, 15) is 0 Å². The second-order valence-corrected chi connectivity index (χ2v) is 5.52. The van der Waals surface area contributed by atoms with Gasteiger partial charge in [0.15, 0.2) is 0 Å². The van der Waals surface area contributed by atoms with Gasteiger partial charge in [0.1, 0.15) is 5.84 Å². The number of nitrogen functional groups attached to an aromatic ring is 1. The SMILES string of the molecule is Cc1cc(C(=N)N)ccc1CSCc1ccccc1. The first-order valence-corrected chi connectivity index (χ1v) is 7.38. The fourth-order valence-corrected chi connectivity index (χ4v) is 2.95. The average molecular weight is 270 g/mol. The Balaban J connectivity index is 1.95. The fraction of sp³-hybridized carbons (Fsp3) is 0.188. The van der Waals surface area contributed by atoms with Crippen molar-refractivity contribution in [3.63, 3.8) is 0 Å². The fourth-order valence-electron chi connectivity index (χ4n) is 1.88. The highest BCUT2D eigenvalue weighted by Crippen LogP contribution is 2.20. The summed E-state index contributed by atoms with van der Waals surface area (Å²) in [5, 5.41) is 7.43. The molecule has 0 unspecified atom stereocenters.